The first-order valence-corrected chi connectivity index (χ1v) is 6.80. The number of hydrogen-bond acceptors (Lipinski definition) is 2. The molecule has 2 nitrogen and oxygen atoms in total. The van der Waals surface area contributed by atoms with Gasteiger partial charge in [-0.2, -0.15) is 0 Å². The maximum atomic E-state index is 13.3. The molecule has 0 fully saturated rings. The predicted octanol–water partition coefficient (Wildman–Crippen LogP) is 3.96. The summed E-state index contributed by atoms with van der Waals surface area (Å²) in [5.74, 6) is 5.27. The fourth-order valence-electron chi connectivity index (χ4n) is 2.35. The van der Waals surface area contributed by atoms with Crippen LogP contribution >= 0.6 is 11.6 Å². The molecule has 0 aliphatic heterocycles. The molecule has 106 valence electrons. The van der Waals surface area contributed by atoms with Crippen LogP contribution in [0.5, 0.6) is 0 Å². The maximum Gasteiger partial charge on any atom is 0.141 e. The third-order valence-electron chi connectivity index (χ3n) is 3.64. The molecule has 0 saturated heterocycles. The molecule has 0 radical (unpaired) electrons. The molecule has 0 aromatic heterocycles. The van der Waals surface area contributed by atoms with E-state index in [2.05, 4.69) is 31.4 Å². The zero-order valence-corrected chi connectivity index (χ0v) is 12.6. The largest absolute Gasteiger partial charge is 0.271 e. The molecule has 3 N–H and O–H groups in total. The minimum atomic E-state index is -0.428. The van der Waals surface area contributed by atoms with Gasteiger partial charge in [-0.1, -0.05) is 29.8 Å². The van der Waals surface area contributed by atoms with Crippen LogP contribution in [0.3, 0.4) is 0 Å². The van der Waals surface area contributed by atoms with Gasteiger partial charge in [0.15, 0.2) is 0 Å². The van der Waals surface area contributed by atoms with E-state index in [0.29, 0.717) is 0 Å². The van der Waals surface area contributed by atoms with Crippen molar-refractivity contribution in [3.63, 3.8) is 0 Å². The number of nitrogens with two attached hydrogens (primary N) is 1. The van der Waals surface area contributed by atoms with Gasteiger partial charge in [0.25, 0.3) is 0 Å². The molecule has 0 aliphatic carbocycles. The predicted molar refractivity (Wildman–Crippen MR) is 81.2 cm³/mol. The molecular formula is C16H18ClFN2. The van der Waals surface area contributed by atoms with Crippen LogP contribution < -0.4 is 11.3 Å². The minimum absolute atomic E-state index is 0.101. The first kappa shape index (κ1) is 15.0. The van der Waals surface area contributed by atoms with Gasteiger partial charge in [0.1, 0.15) is 5.82 Å². The molecule has 2 rings (SSSR count). The van der Waals surface area contributed by atoms with Gasteiger partial charge in [0.2, 0.25) is 0 Å². The second-order valence-corrected chi connectivity index (χ2v) is 5.47. The quantitative estimate of drug-likeness (QED) is 0.664. The van der Waals surface area contributed by atoms with E-state index in [-0.39, 0.29) is 11.1 Å². The fraction of sp³-hybridized carbons (Fsp3) is 0.250. The average Bonchev–Trinajstić information content (AvgIpc) is 2.40. The number of hydrazine groups is 1. The number of benzene rings is 2. The molecule has 2 aromatic carbocycles. The highest BCUT2D eigenvalue weighted by Crippen LogP contribution is 2.29. The Hall–Kier alpha value is -1.42. The molecule has 0 bridgehead atoms. The highest BCUT2D eigenvalue weighted by atomic mass is 35.5. The highest BCUT2D eigenvalue weighted by Gasteiger charge is 2.17. The Balaban J connectivity index is 2.52. The van der Waals surface area contributed by atoms with Crippen molar-refractivity contribution in [1.29, 1.82) is 0 Å². The van der Waals surface area contributed by atoms with Gasteiger partial charge in [0.05, 0.1) is 11.1 Å². The lowest BCUT2D eigenvalue weighted by Crippen LogP contribution is -2.29. The van der Waals surface area contributed by atoms with Crippen LogP contribution in [0, 0.1) is 26.6 Å². The number of nitrogens with one attached hydrogen (secondary N) is 1. The lowest BCUT2D eigenvalue weighted by Gasteiger charge is -2.21. The van der Waals surface area contributed by atoms with Crippen LogP contribution in [-0.4, -0.2) is 0 Å². The molecule has 0 heterocycles. The summed E-state index contributed by atoms with van der Waals surface area (Å²) < 4.78 is 13.3. The van der Waals surface area contributed by atoms with E-state index in [1.807, 2.05) is 6.92 Å². The first-order chi connectivity index (χ1) is 9.43. The summed E-state index contributed by atoms with van der Waals surface area (Å²) >= 11 is 5.86. The van der Waals surface area contributed by atoms with Crippen molar-refractivity contribution in [2.75, 3.05) is 0 Å². The van der Waals surface area contributed by atoms with E-state index in [9.17, 15) is 4.39 Å². The fourth-order valence-corrected chi connectivity index (χ4v) is 2.54. The zero-order chi connectivity index (χ0) is 14.9. The number of halogens is 2. The molecule has 0 amide bonds. The van der Waals surface area contributed by atoms with Crippen molar-refractivity contribution in [3.05, 3.63) is 69.0 Å². The lowest BCUT2D eigenvalue weighted by atomic mass is 9.92. The van der Waals surface area contributed by atoms with Crippen molar-refractivity contribution in [2.45, 2.75) is 26.8 Å². The molecule has 1 unspecified atom stereocenters. The average molecular weight is 293 g/mol. The Bertz CT molecular complexity index is 641. The van der Waals surface area contributed by atoms with Gasteiger partial charge in [-0.15, -0.1) is 0 Å². The number of hydrogen-bond donors (Lipinski definition) is 2. The Morgan fingerprint density at radius 2 is 1.70 bits per heavy atom. The Morgan fingerprint density at radius 1 is 1.05 bits per heavy atom. The number of rotatable bonds is 3. The van der Waals surface area contributed by atoms with Crippen LogP contribution in [0.15, 0.2) is 30.3 Å². The second kappa shape index (κ2) is 5.92. The summed E-state index contributed by atoms with van der Waals surface area (Å²) in [6, 6.07) is 8.67. The van der Waals surface area contributed by atoms with E-state index < -0.39 is 5.82 Å². The minimum Gasteiger partial charge on any atom is -0.271 e. The van der Waals surface area contributed by atoms with Crippen molar-refractivity contribution >= 4 is 11.6 Å². The van der Waals surface area contributed by atoms with Crippen molar-refractivity contribution < 1.29 is 4.39 Å². The highest BCUT2D eigenvalue weighted by molar-refractivity contribution is 6.30. The normalized spacial score (nSPS) is 12.5. The van der Waals surface area contributed by atoms with Gasteiger partial charge in [-0.25, -0.2) is 9.82 Å². The van der Waals surface area contributed by atoms with Crippen LogP contribution in [0.25, 0.3) is 0 Å². The zero-order valence-electron chi connectivity index (χ0n) is 11.8. The maximum absolute atomic E-state index is 13.3. The van der Waals surface area contributed by atoms with Crippen molar-refractivity contribution in [3.8, 4) is 0 Å². The molecule has 0 aliphatic rings. The van der Waals surface area contributed by atoms with Crippen LogP contribution in [0.2, 0.25) is 5.02 Å². The topological polar surface area (TPSA) is 38.0 Å². The van der Waals surface area contributed by atoms with Crippen LogP contribution in [-0.2, 0) is 0 Å². The van der Waals surface area contributed by atoms with E-state index in [1.165, 1.54) is 17.2 Å². The Labute approximate surface area is 123 Å². The van der Waals surface area contributed by atoms with Gasteiger partial charge in [-0.3, -0.25) is 5.84 Å². The second-order valence-electron chi connectivity index (χ2n) is 5.07. The first-order valence-electron chi connectivity index (χ1n) is 6.43. The van der Waals surface area contributed by atoms with Crippen molar-refractivity contribution in [2.24, 2.45) is 5.84 Å². The van der Waals surface area contributed by atoms with Gasteiger partial charge >= 0.3 is 0 Å². The Morgan fingerprint density at radius 3 is 2.30 bits per heavy atom. The summed E-state index contributed by atoms with van der Waals surface area (Å²) in [5.41, 5.74) is 8.26. The third kappa shape index (κ3) is 2.85. The standard InChI is InChI=1S/C16H18ClFN2/c1-9-6-11(3)13(7-10(9)2)16(20-19)12-4-5-15(18)14(17)8-12/h4-8,16,20H,19H2,1-3H3. The molecule has 1 atom stereocenters. The summed E-state index contributed by atoms with van der Waals surface area (Å²) in [5, 5.41) is 0.101. The van der Waals surface area contributed by atoms with Crippen LogP contribution in [0.4, 0.5) is 4.39 Å². The Kier molecular flexibility index (Phi) is 4.43. The monoisotopic (exact) mass is 292 g/mol. The summed E-state index contributed by atoms with van der Waals surface area (Å²) in [6.07, 6.45) is 0. The van der Waals surface area contributed by atoms with Crippen LogP contribution in [0.1, 0.15) is 33.9 Å². The molecule has 20 heavy (non-hydrogen) atoms. The summed E-state index contributed by atoms with van der Waals surface area (Å²) in [6.45, 7) is 6.17. The summed E-state index contributed by atoms with van der Waals surface area (Å²) in [7, 11) is 0. The smallest absolute Gasteiger partial charge is 0.141 e. The lowest BCUT2D eigenvalue weighted by molar-refractivity contribution is 0.614. The summed E-state index contributed by atoms with van der Waals surface area (Å²) in [4.78, 5) is 0. The van der Waals surface area contributed by atoms with E-state index in [0.717, 1.165) is 16.7 Å². The molecule has 4 heteroatoms. The third-order valence-corrected chi connectivity index (χ3v) is 3.93. The SMILES string of the molecule is Cc1cc(C)c(C(NN)c2ccc(F)c(Cl)c2)cc1C. The van der Waals surface area contributed by atoms with Gasteiger partial charge in [0, 0.05) is 0 Å². The number of aryl methyl sites for hydroxylation is 3. The van der Waals surface area contributed by atoms with E-state index in [1.54, 1.807) is 12.1 Å². The molecule has 0 spiro atoms. The van der Waals surface area contributed by atoms with Gasteiger partial charge in [-0.05, 0) is 60.7 Å². The molecule has 0 saturated carbocycles. The van der Waals surface area contributed by atoms with Gasteiger partial charge < -0.3 is 0 Å². The molecule has 2 aromatic rings. The molecular weight excluding hydrogens is 275 g/mol. The van der Waals surface area contributed by atoms with Crippen molar-refractivity contribution in [1.82, 2.24) is 5.43 Å². The van der Waals surface area contributed by atoms with E-state index >= 15 is 0 Å². The van der Waals surface area contributed by atoms with E-state index in [4.69, 9.17) is 17.4 Å².